The van der Waals surface area contributed by atoms with E-state index in [1.54, 1.807) is 22.6 Å². The minimum atomic E-state index is -0.645. The van der Waals surface area contributed by atoms with Gasteiger partial charge in [-0.25, -0.2) is 19.0 Å². The molecule has 1 aliphatic heterocycles. The van der Waals surface area contributed by atoms with Crippen molar-refractivity contribution >= 4 is 46.1 Å². The van der Waals surface area contributed by atoms with Gasteiger partial charge in [-0.1, -0.05) is 36.4 Å². The van der Waals surface area contributed by atoms with Crippen molar-refractivity contribution in [3.63, 3.8) is 0 Å². The number of thioether (sulfide) groups is 1. The smallest absolute Gasteiger partial charge is 0.255 e. The molecule has 0 bridgehead atoms. The normalized spacial score (nSPS) is 13.9. The van der Waals surface area contributed by atoms with E-state index in [2.05, 4.69) is 27.2 Å². The van der Waals surface area contributed by atoms with E-state index >= 15 is 0 Å². The van der Waals surface area contributed by atoms with Crippen LogP contribution in [0, 0.1) is 5.82 Å². The Labute approximate surface area is 183 Å². The molecule has 3 aromatic rings. The van der Waals surface area contributed by atoms with E-state index in [4.69, 9.17) is 16.6 Å². The topological polar surface area (TPSA) is 75.9 Å². The summed E-state index contributed by atoms with van der Waals surface area (Å²) in [5, 5.41) is 8.88. The monoisotopic (exact) mass is 448 g/mol. The van der Waals surface area contributed by atoms with Crippen LogP contribution < -0.4 is 10.2 Å². The molecule has 0 atom stereocenters. The van der Waals surface area contributed by atoms with Crippen molar-refractivity contribution in [2.45, 2.75) is 31.5 Å². The lowest BCUT2D eigenvalue weighted by Crippen LogP contribution is -2.28. The molecule has 4 rings (SSSR count). The Morgan fingerprint density at radius 1 is 1.30 bits per heavy atom. The Kier molecular flexibility index (Phi) is 6.38. The number of rotatable bonds is 7. The van der Waals surface area contributed by atoms with E-state index in [1.807, 2.05) is 0 Å². The number of amides is 1. The molecule has 1 N–H and O–H groups in total. The molecule has 1 fully saturated rings. The van der Waals surface area contributed by atoms with Crippen LogP contribution >= 0.6 is 23.4 Å². The third kappa shape index (κ3) is 4.22. The molecule has 0 saturated carbocycles. The van der Waals surface area contributed by atoms with Crippen molar-refractivity contribution in [3.8, 4) is 0 Å². The predicted octanol–water partition coefficient (Wildman–Crippen LogP) is 3.76. The maximum atomic E-state index is 13.9. The fourth-order valence-electron chi connectivity index (χ4n) is 3.53. The zero-order valence-electron chi connectivity index (χ0n) is 16.6. The number of anilines is 1. The van der Waals surface area contributed by atoms with Gasteiger partial charge in [-0.3, -0.25) is 4.79 Å². The molecule has 10 heteroatoms. The Morgan fingerprint density at radius 2 is 2.10 bits per heavy atom. The first-order chi connectivity index (χ1) is 14.6. The molecule has 3 heterocycles. The number of carbonyl (C=O) groups excluding carboxylic acids is 1. The predicted molar refractivity (Wildman–Crippen MR) is 117 cm³/mol. The lowest BCUT2D eigenvalue weighted by molar-refractivity contribution is 0.0948. The molecule has 1 amide bonds. The van der Waals surface area contributed by atoms with Crippen molar-refractivity contribution in [1.29, 1.82) is 0 Å². The summed E-state index contributed by atoms with van der Waals surface area (Å²) in [5.74, 6) is 0.596. The van der Waals surface area contributed by atoms with Crippen LogP contribution in [-0.2, 0) is 6.54 Å². The summed E-state index contributed by atoms with van der Waals surface area (Å²) in [5.41, 5.74) is 0.589. The van der Waals surface area contributed by atoms with Gasteiger partial charge in [0, 0.05) is 19.6 Å². The van der Waals surface area contributed by atoms with Gasteiger partial charge in [-0.05, 0) is 30.7 Å². The number of nitrogens with one attached hydrogen (secondary N) is 1. The summed E-state index contributed by atoms with van der Waals surface area (Å²) in [6.45, 7) is 4.68. The fraction of sp³-hybridized carbons (Fsp3) is 0.400. The summed E-state index contributed by atoms with van der Waals surface area (Å²) >= 11 is 7.55. The molecular formula is C20H22ClFN6OS. The van der Waals surface area contributed by atoms with E-state index in [1.165, 1.54) is 18.2 Å². The molecular weight excluding hydrogens is 427 g/mol. The highest BCUT2D eigenvalue weighted by molar-refractivity contribution is 7.99. The van der Waals surface area contributed by atoms with E-state index < -0.39 is 11.7 Å². The largest absolute Gasteiger partial charge is 0.356 e. The Bertz CT molecular complexity index is 1050. The van der Waals surface area contributed by atoms with Gasteiger partial charge in [0.15, 0.2) is 10.8 Å². The number of fused-ring (bicyclic) bond motifs is 1. The van der Waals surface area contributed by atoms with Crippen molar-refractivity contribution < 1.29 is 9.18 Å². The van der Waals surface area contributed by atoms with Crippen LogP contribution in [0.3, 0.4) is 0 Å². The zero-order chi connectivity index (χ0) is 21.1. The minimum absolute atomic E-state index is 0.0845. The molecule has 1 saturated heterocycles. The number of benzene rings is 1. The maximum absolute atomic E-state index is 13.9. The summed E-state index contributed by atoms with van der Waals surface area (Å²) in [4.78, 5) is 24.0. The van der Waals surface area contributed by atoms with Crippen LogP contribution in [-0.4, -0.2) is 51.0 Å². The average molecular weight is 449 g/mol. The molecule has 0 spiro atoms. The second-order valence-corrected chi connectivity index (χ2v) is 8.55. The van der Waals surface area contributed by atoms with Crippen molar-refractivity contribution in [2.75, 3.05) is 30.3 Å². The van der Waals surface area contributed by atoms with Gasteiger partial charge in [0.1, 0.15) is 11.6 Å². The Morgan fingerprint density at radius 3 is 2.83 bits per heavy atom. The molecule has 0 unspecified atom stereocenters. The van der Waals surface area contributed by atoms with E-state index in [-0.39, 0.29) is 17.1 Å². The number of halogens is 2. The van der Waals surface area contributed by atoms with Gasteiger partial charge >= 0.3 is 0 Å². The molecule has 0 radical (unpaired) electrons. The van der Waals surface area contributed by atoms with Crippen molar-refractivity contribution in [2.24, 2.45) is 0 Å². The lowest BCUT2D eigenvalue weighted by atomic mass is 10.2. The van der Waals surface area contributed by atoms with E-state index in [0.29, 0.717) is 6.54 Å². The van der Waals surface area contributed by atoms with Gasteiger partial charge < -0.3 is 10.2 Å². The third-order valence-corrected chi connectivity index (χ3v) is 5.98. The number of nitrogens with zero attached hydrogens (tertiary/aromatic N) is 5. The summed E-state index contributed by atoms with van der Waals surface area (Å²) < 4.78 is 15.7. The van der Waals surface area contributed by atoms with Gasteiger partial charge in [-0.15, -0.1) is 0 Å². The van der Waals surface area contributed by atoms with Crippen LogP contribution in [0.5, 0.6) is 0 Å². The zero-order valence-corrected chi connectivity index (χ0v) is 18.1. The summed E-state index contributed by atoms with van der Waals surface area (Å²) in [6.07, 6.45) is 4.08. The Hall–Kier alpha value is -2.39. The second kappa shape index (κ2) is 9.18. The van der Waals surface area contributed by atoms with Gasteiger partial charge in [0.05, 0.1) is 28.7 Å². The highest BCUT2D eigenvalue weighted by Gasteiger charge is 2.21. The molecule has 7 nitrogen and oxygen atoms in total. The SMILES string of the molecule is CCSc1nc(N2CCCC2)c2cnn(CCNC(=O)c3c(F)cccc3Cl)c2n1. The molecule has 0 aliphatic carbocycles. The number of hydrogen-bond donors (Lipinski definition) is 1. The molecule has 1 aromatic carbocycles. The van der Waals surface area contributed by atoms with Crippen LogP contribution in [0.4, 0.5) is 10.2 Å². The van der Waals surface area contributed by atoms with E-state index in [0.717, 1.165) is 53.7 Å². The fourth-order valence-corrected chi connectivity index (χ4v) is 4.34. The summed E-state index contributed by atoms with van der Waals surface area (Å²) in [7, 11) is 0. The van der Waals surface area contributed by atoms with Gasteiger partial charge in [0.25, 0.3) is 5.91 Å². The van der Waals surface area contributed by atoms with Crippen molar-refractivity contribution in [1.82, 2.24) is 25.1 Å². The summed E-state index contributed by atoms with van der Waals surface area (Å²) in [6, 6.07) is 4.17. The molecule has 30 heavy (non-hydrogen) atoms. The standard InChI is InChI=1S/C20H22ClFN6OS/c1-2-30-20-25-17(27-9-3-4-10-27)13-12-24-28(18(13)26-20)11-8-23-19(29)16-14(21)6-5-7-15(16)22/h5-7,12H,2-4,8-11H2,1H3,(H,23,29). The Balaban J connectivity index is 1.53. The average Bonchev–Trinajstić information content (AvgIpc) is 3.38. The minimum Gasteiger partial charge on any atom is -0.356 e. The van der Waals surface area contributed by atoms with Crippen LogP contribution in [0.1, 0.15) is 30.1 Å². The quantitative estimate of drug-likeness (QED) is 0.438. The first kappa shape index (κ1) is 20.9. The van der Waals surface area contributed by atoms with Gasteiger partial charge in [-0.2, -0.15) is 5.10 Å². The van der Waals surface area contributed by atoms with Crippen LogP contribution in [0.15, 0.2) is 29.6 Å². The number of aromatic nitrogens is 4. The number of carbonyl (C=O) groups is 1. The molecule has 158 valence electrons. The highest BCUT2D eigenvalue weighted by atomic mass is 35.5. The number of hydrogen-bond acceptors (Lipinski definition) is 6. The second-order valence-electron chi connectivity index (χ2n) is 6.91. The molecule has 2 aromatic heterocycles. The van der Waals surface area contributed by atoms with Crippen molar-refractivity contribution in [3.05, 3.63) is 40.8 Å². The van der Waals surface area contributed by atoms with Crippen LogP contribution in [0.2, 0.25) is 5.02 Å². The maximum Gasteiger partial charge on any atom is 0.255 e. The van der Waals surface area contributed by atoms with E-state index in [9.17, 15) is 9.18 Å². The molecule has 1 aliphatic rings. The highest BCUT2D eigenvalue weighted by Crippen LogP contribution is 2.29. The van der Waals surface area contributed by atoms with Crippen LogP contribution in [0.25, 0.3) is 11.0 Å². The first-order valence-electron chi connectivity index (χ1n) is 9.92. The lowest BCUT2D eigenvalue weighted by Gasteiger charge is -2.17. The third-order valence-electron chi connectivity index (χ3n) is 4.93. The van der Waals surface area contributed by atoms with Gasteiger partial charge in [0.2, 0.25) is 0 Å². The first-order valence-corrected chi connectivity index (χ1v) is 11.3.